The van der Waals surface area contributed by atoms with Crippen LogP contribution in [0.3, 0.4) is 0 Å². The number of benzene rings is 1. The molecule has 0 atom stereocenters. The molecular weight excluding hydrogens is 376 g/mol. The molecule has 4 heterocycles. The van der Waals surface area contributed by atoms with Crippen LogP contribution in [-0.2, 0) is 0 Å². The fourth-order valence-corrected chi connectivity index (χ4v) is 4.11. The molecule has 0 amide bonds. The maximum absolute atomic E-state index is 5.94. The van der Waals surface area contributed by atoms with Crippen molar-refractivity contribution in [3.05, 3.63) is 52.9 Å². The monoisotopic (exact) mass is 384 g/mol. The van der Waals surface area contributed by atoms with E-state index in [-0.39, 0.29) is 0 Å². The first kappa shape index (κ1) is 14.8. The van der Waals surface area contributed by atoms with Gasteiger partial charge in [0, 0.05) is 10.6 Å². The van der Waals surface area contributed by atoms with Crippen molar-refractivity contribution in [1.82, 2.24) is 30.0 Å². The highest BCUT2D eigenvalue weighted by Crippen LogP contribution is 2.30. The van der Waals surface area contributed by atoms with E-state index in [1.807, 2.05) is 47.8 Å². The smallest absolute Gasteiger partial charge is 0.235 e. The molecule has 9 heteroatoms. The molecule has 0 bridgehead atoms. The molecule has 5 rings (SSSR count). The summed E-state index contributed by atoms with van der Waals surface area (Å²) in [6.45, 7) is 0. The molecule has 0 spiro atoms. The van der Waals surface area contributed by atoms with Crippen LogP contribution < -0.4 is 0 Å². The van der Waals surface area contributed by atoms with Gasteiger partial charge in [-0.05, 0) is 29.6 Å². The zero-order valence-electron chi connectivity index (χ0n) is 12.5. The van der Waals surface area contributed by atoms with E-state index >= 15 is 0 Å². The molecule has 25 heavy (non-hydrogen) atoms. The van der Waals surface area contributed by atoms with Crippen LogP contribution in [-0.4, -0.2) is 30.0 Å². The lowest BCUT2D eigenvalue weighted by molar-refractivity contribution is 0.967. The van der Waals surface area contributed by atoms with Crippen LogP contribution in [0.4, 0.5) is 0 Å². The lowest BCUT2D eigenvalue weighted by Gasteiger charge is -1.94. The van der Waals surface area contributed by atoms with Crippen LogP contribution in [0, 0.1) is 0 Å². The maximum Gasteiger partial charge on any atom is 0.235 e. The molecule has 5 aromatic rings. The Morgan fingerprint density at radius 1 is 1.08 bits per heavy atom. The third-order valence-electron chi connectivity index (χ3n) is 3.68. The van der Waals surface area contributed by atoms with Gasteiger partial charge in [0.25, 0.3) is 0 Å². The number of halogens is 1. The second-order valence-electron chi connectivity index (χ2n) is 5.28. The van der Waals surface area contributed by atoms with Crippen molar-refractivity contribution in [1.29, 1.82) is 0 Å². The van der Waals surface area contributed by atoms with Gasteiger partial charge in [0.15, 0.2) is 10.8 Å². The van der Waals surface area contributed by atoms with Gasteiger partial charge < -0.3 is 0 Å². The highest BCUT2D eigenvalue weighted by molar-refractivity contribution is 7.19. The van der Waals surface area contributed by atoms with Gasteiger partial charge in [0.1, 0.15) is 0 Å². The number of H-pyrrole nitrogens is 1. The van der Waals surface area contributed by atoms with Gasteiger partial charge in [0.2, 0.25) is 4.96 Å². The molecule has 4 aromatic heterocycles. The maximum atomic E-state index is 5.94. The Hall–Kier alpha value is -2.55. The van der Waals surface area contributed by atoms with Gasteiger partial charge in [0.05, 0.1) is 16.3 Å². The number of nitrogens with one attached hydrogen (secondary N) is 1. The minimum absolute atomic E-state index is 0.703. The second kappa shape index (κ2) is 5.76. The molecule has 0 aliphatic carbocycles. The molecule has 0 fully saturated rings. The lowest BCUT2D eigenvalue weighted by Crippen LogP contribution is -1.89. The largest absolute Gasteiger partial charge is 0.275 e. The molecule has 0 radical (unpaired) electrons. The third-order valence-corrected chi connectivity index (χ3v) is 5.73. The average Bonchev–Trinajstić information content (AvgIpc) is 3.38. The summed E-state index contributed by atoms with van der Waals surface area (Å²) in [6, 6.07) is 13.5. The Bertz CT molecular complexity index is 1150. The molecule has 6 nitrogen and oxygen atoms in total. The SMILES string of the molecule is Clc1ccc(-c2cc(-c3nn4c(-c5cccs5)nnc4s3)[nH]n2)cc1. The number of hydrogen-bond acceptors (Lipinski definition) is 6. The van der Waals surface area contributed by atoms with E-state index in [1.54, 1.807) is 15.9 Å². The van der Waals surface area contributed by atoms with Crippen LogP contribution in [0.15, 0.2) is 47.8 Å². The van der Waals surface area contributed by atoms with Crippen LogP contribution in [0.5, 0.6) is 0 Å². The summed E-state index contributed by atoms with van der Waals surface area (Å²) < 4.78 is 1.77. The second-order valence-corrected chi connectivity index (χ2v) is 7.62. The molecule has 0 saturated carbocycles. The van der Waals surface area contributed by atoms with Crippen molar-refractivity contribution in [2.24, 2.45) is 0 Å². The predicted molar refractivity (Wildman–Crippen MR) is 100.0 cm³/mol. The summed E-state index contributed by atoms with van der Waals surface area (Å²) in [7, 11) is 0. The number of nitrogens with zero attached hydrogens (tertiary/aromatic N) is 5. The molecule has 0 saturated heterocycles. The van der Waals surface area contributed by atoms with E-state index in [9.17, 15) is 0 Å². The molecule has 122 valence electrons. The van der Waals surface area contributed by atoms with E-state index in [4.69, 9.17) is 11.6 Å². The zero-order chi connectivity index (χ0) is 16.8. The van der Waals surface area contributed by atoms with Crippen molar-refractivity contribution in [2.75, 3.05) is 0 Å². The molecule has 1 N–H and O–H groups in total. The minimum atomic E-state index is 0.703. The first-order chi connectivity index (χ1) is 12.3. The van der Waals surface area contributed by atoms with Crippen LogP contribution in [0.1, 0.15) is 0 Å². The molecule has 0 aliphatic heterocycles. The van der Waals surface area contributed by atoms with Gasteiger partial charge in [-0.2, -0.15) is 14.7 Å². The van der Waals surface area contributed by atoms with E-state index in [1.165, 1.54) is 11.3 Å². The van der Waals surface area contributed by atoms with E-state index < -0.39 is 0 Å². The van der Waals surface area contributed by atoms with E-state index in [0.717, 1.165) is 37.6 Å². The fraction of sp³-hybridized carbons (Fsp3) is 0. The van der Waals surface area contributed by atoms with Crippen LogP contribution in [0.25, 0.3) is 37.6 Å². The Morgan fingerprint density at radius 3 is 2.76 bits per heavy atom. The summed E-state index contributed by atoms with van der Waals surface area (Å²) in [5.74, 6) is 0.755. The van der Waals surface area contributed by atoms with Crippen molar-refractivity contribution in [2.45, 2.75) is 0 Å². The fourth-order valence-electron chi connectivity index (χ4n) is 2.49. The first-order valence-electron chi connectivity index (χ1n) is 7.36. The normalized spacial score (nSPS) is 11.4. The van der Waals surface area contributed by atoms with Crippen molar-refractivity contribution in [3.8, 4) is 32.7 Å². The number of aromatic amines is 1. The predicted octanol–water partition coefficient (Wildman–Crippen LogP) is 4.62. The molecular formula is C16H9ClN6S2. The summed E-state index contributed by atoms with van der Waals surface area (Å²) in [5, 5.41) is 24.0. The number of hydrogen-bond donors (Lipinski definition) is 1. The van der Waals surface area contributed by atoms with Gasteiger partial charge in [-0.15, -0.1) is 21.5 Å². The number of fused-ring (bicyclic) bond motifs is 1. The van der Waals surface area contributed by atoms with Crippen LogP contribution >= 0.6 is 34.3 Å². The van der Waals surface area contributed by atoms with Gasteiger partial charge in [-0.25, -0.2) is 0 Å². The number of aromatic nitrogens is 6. The Balaban J connectivity index is 1.54. The van der Waals surface area contributed by atoms with Gasteiger partial charge >= 0.3 is 0 Å². The quantitative estimate of drug-likeness (QED) is 0.492. The van der Waals surface area contributed by atoms with E-state index in [2.05, 4.69) is 25.5 Å². The van der Waals surface area contributed by atoms with Crippen molar-refractivity contribution >= 4 is 39.2 Å². The molecule has 0 unspecified atom stereocenters. The van der Waals surface area contributed by atoms with Gasteiger partial charge in [-0.3, -0.25) is 5.10 Å². The highest BCUT2D eigenvalue weighted by Gasteiger charge is 2.16. The van der Waals surface area contributed by atoms with Gasteiger partial charge in [-0.1, -0.05) is 41.1 Å². The topological polar surface area (TPSA) is 71.8 Å². The molecule has 0 aliphatic rings. The Kier molecular flexibility index (Phi) is 3.40. The van der Waals surface area contributed by atoms with E-state index in [0.29, 0.717) is 5.02 Å². The highest BCUT2D eigenvalue weighted by atomic mass is 35.5. The standard InChI is InChI=1S/C16H9ClN6S2/c17-10-5-3-9(4-6-10)11-8-12(19-18-11)15-22-23-14(13-2-1-7-24-13)20-21-16(23)25-15/h1-8H,(H,18,19). The number of rotatable bonds is 3. The average molecular weight is 385 g/mol. The molecule has 1 aromatic carbocycles. The Morgan fingerprint density at radius 2 is 1.96 bits per heavy atom. The minimum Gasteiger partial charge on any atom is -0.275 e. The first-order valence-corrected chi connectivity index (χ1v) is 9.43. The third kappa shape index (κ3) is 2.55. The Labute approximate surface area is 154 Å². The van der Waals surface area contributed by atoms with Crippen molar-refractivity contribution < 1.29 is 0 Å². The number of thiophene rings is 1. The summed E-state index contributed by atoms with van der Waals surface area (Å²) in [6.07, 6.45) is 0. The van der Waals surface area contributed by atoms with Crippen LogP contribution in [0.2, 0.25) is 5.02 Å². The lowest BCUT2D eigenvalue weighted by atomic mass is 10.1. The summed E-state index contributed by atoms with van der Waals surface area (Å²) >= 11 is 9.02. The zero-order valence-corrected chi connectivity index (χ0v) is 14.9. The summed E-state index contributed by atoms with van der Waals surface area (Å²) in [4.78, 5) is 1.79. The summed E-state index contributed by atoms with van der Waals surface area (Å²) in [5.41, 5.74) is 2.68. The van der Waals surface area contributed by atoms with Crippen molar-refractivity contribution in [3.63, 3.8) is 0 Å².